The van der Waals surface area contributed by atoms with Crippen LogP contribution in [0, 0.1) is 5.82 Å². The van der Waals surface area contributed by atoms with Gasteiger partial charge in [0.15, 0.2) is 0 Å². The van der Waals surface area contributed by atoms with Gasteiger partial charge in [-0.2, -0.15) is 0 Å². The Kier molecular flexibility index (Phi) is 11.4. The number of halogens is 4. The van der Waals surface area contributed by atoms with Gasteiger partial charge in [-0.15, -0.1) is 11.8 Å². The molecular weight excluding hydrogens is 676 g/mol. The molecule has 3 N–H and O–H groups in total. The molecule has 0 saturated heterocycles. The standard InChI is InChI=1S/C32H25BrCl2FN3O3S/c1-2-29(32(42)38-27-15-14-20(33)16-26(27)36)43-22-11-6-10-21(17-22)37-31(41)28(18-23-24(34)12-7-13-25(23)35)39-30(40)19-8-4-3-5-9-19/h3-18,29H,2H2,1H3,(H,37,41)(H,38,42)(H,39,40)/b28-18+. The van der Waals surface area contributed by atoms with Crippen LogP contribution in [-0.4, -0.2) is 23.0 Å². The summed E-state index contributed by atoms with van der Waals surface area (Å²) in [4.78, 5) is 40.1. The van der Waals surface area contributed by atoms with Gasteiger partial charge in [0.1, 0.15) is 11.5 Å². The van der Waals surface area contributed by atoms with Gasteiger partial charge in [-0.25, -0.2) is 4.39 Å². The van der Waals surface area contributed by atoms with Crippen LogP contribution in [0.2, 0.25) is 10.0 Å². The molecule has 0 fully saturated rings. The molecule has 0 aromatic heterocycles. The summed E-state index contributed by atoms with van der Waals surface area (Å²) in [5, 5.41) is 8.17. The van der Waals surface area contributed by atoms with Crippen LogP contribution >= 0.6 is 50.9 Å². The summed E-state index contributed by atoms with van der Waals surface area (Å²) in [6.07, 6.45) is 1.89. The first-order valence-corrected chi connectivity index (χ1v) is 15.4. The fourth-order valence-corrected chi connectivity index (χ4v) is 5.72. The van der Waals surface area contributed by atoms with Gasteiger partial charge in [0, 0.05) is 36.2 Å². The van der Waals surface area contributed by atoms with E-state index in [1.807, 2.05) is 6.92 Å². The second kappa shape index (κ2) is 15.2. The van der Waals surface area contributed by atoms with Crippen molar-refractivity contribution >= 4 is 86.1 Å². The Balaban J connectivity index is 1.53. The highest BCUT2D eigenvalue weighted by atomic mass is 79.9. The Bertz CT molecular complexity index is 1670. The maximum Gasteiger partial charge on any atom is 0.272 e. The molecule has 4 rings (SSSR count). The summed E-state index contributed by atoms with van der Waals surface area (Å²) < 4.78 is 14.8. The third-order valence-corrected chi connectivity index (χ3v) is 8.55. The van der Waals surface area contributed by atoms with Gasteiger partial charge in [0.25, 0.3) is 11.8 Å². The number of benzene rings is 4. The van der Waals surface area contributed by atoms with Crippen LogP contribution in [0.3, 0.4) is 0 Å². The van der Waals surface area contributed by atoms with Crippen LogP contribution in [0.4, 0.5) is 15.8 Å². The van der Waals surface area contributed by atoms with Crippen molar-refractivity contribution in [1.29, 1.82) is 0 Å². The summed E-state index contributed by atoms with van der Waals surface area (Å²) in [6, 6.07) is 24.7. The fraction of sp³-hybridized carbons (Fsp3) is 0.0938. The summed E-state index contributed by atoms with van der Waals surface area (Å²) in [6.45, 7) is 1.85. The van der Waals surface area contributed by atoms with Crippen molar-refractivity contribution in [3.05, 3.63) is 128 Å². The number of nitrogens with one attached hydrogen (secondary N) is 3. The zero-order chi connectivity index (χ0) is 30.9. The highest BCUT2D eigenvalue weighted by Crippen LogP contribution is 2.30. The first-order chi connectivity index (χ1) is 20.6. The Morgan fingerprint density at radius 1 is 0.907 bits per heavy atom. The van der Waals surface area contributed by atoms with Crippen LogP contribution in [-0.2, 0) is 9.59 Å². The van der Waals surface area contributed by atoms with Gasteiger partial charge in [-0.3, -0.25) is 14.4 Å². The van der Waals surface area contributed by atoms with Crippen LogP contribution < -0.4 is 16.0 Å². The summed E-state index contributed by atoms with van der Waals surface area (Å²) in [5.41, 5.74) is 1.16. The first kappa shape index (κ1) is 32.3. The lowest BCUT2D eigenvalue weighted by Crippen LogP contribution is -2.30. The number of anilines is 2. The lowest BCUT2D eigenvalue weighted by molar-refractivity contribution is -0.116. The van der Waals surface area contributed by atoms with E-state index in [0.717, 1.165) is 0 Å². The zero-order valence-electron chi connectivity index (χ0n) is 22.7. The average molecular weight is 701 g/mol. The smallest absolute Gasteiger partial charge is 0.272 e. The van der Waals surface area contributed by atoms with Crippen LogP contribution in [0.25, 0.3) is 6.08 Å². The number of hydrogen-bond donors (Lipinski definition) is 3. The Hall–Kier alpha value is -3.63. The highest BCUT2D eigenvalue weighted by molar-refractivity contribution is 9.10. The van der Waals surface area contributed by atoms with E-state index < -0.39 is 22.9 Å². The molecule has 3 amide bonds. The minimum Gasteiger partial charge on any atom is -0.323 e. The summed E-state index contributed by atoms with van der Waals surface area (Å²) in [5.74, 6) is -2.01. The van der Waals surface area contributed by atoms with Crippen molar-refractivity contribution in [2.45, 2.75) is 23.5 Å². The first-order valence-electron chi connectivity index (χ1n) is 13.0. The molecule has 0 aliphatic heterocycles. The van der Waals surface area contributed by atoms with Crippen molar-refractivity contribution in [1.82, 2.24) is 5.32 Å². The molecule has 11 heteroatoms. The SMILES string of the molecule is CCC(Sc1cccc(NC(=O)/C(=C\c2c(Cl)cccc2Cl)NC(=O)c2ccccc2)c1)C(=O)Nc1ccc(Br)cc1F. The molecule has 43 heavy (non-hydrogen) atoms. The van der Waals surface area contributed by atoms with E-state index in [2.05, 4.69) is 31.9 Å². The maximum absolute atomic E-state index is 14.3. The Morgan fingerprint density at radius 3 is 2.28 bits per heavy atom. The van der Waals surface area contributed by atoms with Crippen LogP contribution in [0.15, 0.2) is 106 Å². The van der Waals surface area contributed by atoms with E-state index in [4.69, 9.17) is 23.2 Å². The number of rotatable bonds is 10. The lowest BCUT2D eigenvalue weighted by Gasteiger charge is -2.16. The monoisotopic (exact) mass is 699 g/mol. The molecule has 0 saturated carbocycles. The molecule has 220 valence electrons. The van der Waals surface area contributed by atoms with E-state index in [0.29, 0.717) is 42.6 Å². The van der Waals surface area contributed by atoms with E-state index in [1.165, 1.54) is 30.0 Å². The zero-order valence-corrected chi connectivity index (χ0v) is 26.6. The quantitative estimate of drug-likeness (QED) is 0.114. The minimum atomic E-state index is -0.613. The second-order valence-electron chi connectivity index (χ2n) is 9.12. The van der Waals surface area contributed by atoms with Gasteiger partial charge in [0.2, 0.25) is 5.91 Å². The molecule has 0 aliphatic carbocycles. The molecule has 1 unspecified atom stereocenters. The molecular formula is C32H25BrCl2FN3O3S. The topological polar surface area (TPSA) is 87.3 Å². The van der Waals surface area contributed by atoms with Crippen LogP contribution in [0.1, 0.15) is 29.3 Å². The van der Waals surface area contributed by atoms with Gasteiger partial charge < -0.3 is 16.0 Å². The van der Waals surface area contributed by atoms with Gasteiger partial charge in [0.05, 0.1) is 10.9 Å². The molecule has 0 aliphatic rings. The molecule has 4 aromatic rings. The molecule has 4 aromatic carbocycles. The van der Waals surface area contributed by atoms with E-state index in [9.17, 15) is 18.8 Å². The molecule has 0 bridgehead atoms. The van der Waals surface area contributed by atoms with Crippen molar-refractivity contribution < 1.29 is 18.8 Å². The third-order valence-electron chi connectivity index (χ3n) is 6.04. The van der Waals surface area contributed by atoms with E-state index in [-0.39, 0.29) is 17.3 Å². The number of carbonyl (C=O) groups is 3. The van der Waals surface area contributed by atoms with Crippen molar-refractivity contribution in [2.24, 2.45) is 0 Å². The van der Waals surface area contributed by atoms with E-state index >= 15 is 0 Å². The van der Waals surface area contributed by atoms with Crippen LogP contribution in [0.5, 0.6) is 0 Å². The molecule has 6 nitrogen and oxygen atoms in total. The lowest BCUT2D eigenvalue weighted by atomic mass is 10.1. The number of thioether (sulfide) groups is 1. The predicted octanol–water partition coefficient (Wildman–Crippen LogP) is 8.81. The van der Waals surface area contributed by atoms with Crippen molar-refractivity contribution in [3.63, 3.8) is 0 Å². The number of hydrogen-bond acceptors (Lipinski definition) is 4. The van der Waals surface area contributed by atoms with Gasteiger partial charge in [-0.1, -0.05) is 76.4 Å². The molecule has 1 atom stereocenters. The molecule has 0 spiro atoms. The second-order valence-corrected chi connectivity index (χ2v) is 12.1. The summed E-state index contributed by atoms with van der Waals surface area (Å²) >= 11 is 17.1. The summed E-state index contributed by atoms with van der Waals surface area (Å²) in [7, 11) is 0. The molecule has 0 radical (unpaired) electrons. The third kappa shape index (κ3) is 8.93. The average Bonchev–Trinajstić information content (AvgIpc) is 2.99. The predicted molar refractivity (Wildman–Crippen MR) is 176 cm³/mol. The minimum absolute atomic E-state index is 0.0794. The number of carbonyl (C=O) groups excluding carboxylic acids is 3. The number of amides is 3. The maximum atomic E-state index is 14.3. The fourth-order valence-electron chi connectivity index (χ4n) is 3.87. The van der Waals surface area contributed by atoms with E-state index in [1.54, 1.807) is 78.9 Å². The largest absolute Gasteiger partial charge is 0.323 e. The highest BCUT2D eigenvalue weighted by Gasteiger charge is 2.21. The normalized spacial score (nSPS) is 11.9. The van der Waals surface area contributed by atoms with Gasteiger partial charge in [-0.05, 0) is 73.2 Å². The van der Waals surface area contributed by atoms with Crippen molar-refractivity contribution in [2.75, 3.05) is 10.6 Å². The Morgan fingerprint density at radius 2 is 1.60 bits per heavy atom. The molecule has 0 heterocycles. The van der Waals surface area contributed by atoms with Crippen molar-refractivity contribution in [3.8, 4) is 0 Å². The Labute approximate surface area is 271 Å². The van der Waals surface area contributed by atoms with Gasteiger partial charge >= 0.3 is 0 Å².